The van der Waals surface area contributed by atoms with Gasteiger partial charge in [-0.2, -0.15) is 0 Å². The molecule has 0 saturated carbocycles. The van der Waals surface area contributed by atoms with Crippen molar-refractivity contribution in [3.05, 3.63) is 5.89 Å². The molecule has 0 aromatic carbocycles. The van der Waals surface area contributed by atoms with E-state index in [0.717, 1.165) is 0 Å². The monoisotopic (exact) mass is 155 g/mol. The van der Waals surface area contributed by atoms with Crippen LogP contribution in [0.2, 0.25) is 0 Å². The second-order valence-corrected chi connectivity index (χ2v) is 2.03. The van der Waals surface area contributed by atoms with Crippen LogP contribution >= 0.6 is 0 Å². The van der Waals surface area contributed by atoms with Gasteiger partial charge in [0.05, 0.1) is 0 Å². The summed E-state index contributed by atoms with van der Waals surface area (Å²) in [6.07, 6.45) is 0.404. The zero-order valence-corrected chi connectivity index (χ0v) is 6.42. The molecule has 0 atom stereocenters. The SMILES string of the molecule is CCC(=O)Nc1nnc(C)o1. The minimum absolute atomic E-state index is 0.131. The van der Waals surface area contributed by atoms with Crippen LogP contribution in [0.15, 0.2) is 4.42 Å². The molecule has 0 spiro atoms. The maximum Gasteiger partial charge on any atom is 0.322 e. The Kier molecular flexibility index (Phi) is 2.20. The molecule has 1 N–H and O–H groups in total. The van der Waals surface area contributed by atoms with E-state index in [2.05, 4.69) is 15.5 Å². The first-order chi connectivity index (χ1) is 5.22. The number of nitrogens with zero attached hydrogens (tertiary/aromatic N) is 2. The Labute approximate surface area is 63.8 Å². The van der Waals surface area contributed by atoms with E-state index in [0.29, 0.717) is 12.3 Å². The summed E-state index contributed by atoms with van der Waals surface area (Å²) in [5, 5.41) is 9.56. The van der Waals surface area contributed by atoms with E-state index in [-0.39, 0.29) is 11.9 Å². The number of hydrogen-bond acceptors (Lipinski definition) is 4. The predicted octanol–water partition coefficient (Wildman–Crippen LogP) is 0.727. The zero-order chi connectivity index (χ0) is 8.27. The molecular formula is C6H9N3O2. The Morgan fingerprint density at radius 2 is 2.36 bits per heavy atom. The van der Waals surface area contributed by atoms with Crippen LogP contribution in [0.4, 0.5) is 6.01 Å². The average molecular weight is 155 g/mol. The van der Waals surface area contributed by atoms with Crippen LogP contribution in [0.1, 0.15) is 19.2 Å². The van der Waals surface area contributed by atoms with Gasteiger partial charge in [0.25, 0.3) is 0 Å². The van der Waals surface area contributed by atoms with Crippen molar-refractivity contribution >= 4 is 11.9 Å². The van der Waals surface area contributed by atoms with Gasteiger partial charge >= 0.3 is 6.01 Å². The molecule has 0 aliphatic heterocycles. The van der Waals surface area contributed by atoms with Crippen molar-refractivity contribution in [1.29, 1.82) is 0 Å². The fraction of sp³-hybridized carbons (Fsp3) is 0.500. The van der Waals surface area contributed by atoms with Gasteiger partial charge < -0.3 is 4.42 Å². The molecule has 11 heavy (non-hydrogen) atoms. The highest BCUT2D eigenvalue weighted by molar-refractivity contribution is 5.88. The smallest absolute Gasteiger partial charge is 0.322 e. The summed E-state index contributed by atoms with van der Waals surface area (Å²) in [6, 6.07) is 0.161. The van der Waals surface area contributed by atoms with E-state index >= 15 is 0 Å². The second-order valence-electron chi connectivity index (χ2n) is 2.03. The van der Waals surface area contributed by atoms with Crippen LogP contribution < -0.4 is 5.32 Å². The van der Waals surface area contributed by atoms with Gasteiger partial charge in [-0.25, -0.2) is 0 Å². The van der Waals surface area contributed by atoms with Crippen molar-refractivity contribution in [2.75, 3.05) is 5.32 Å². The number of aryl methyl sites for hydroxylation is 1. The number of aromatic nitrogens is 2. The lowest BCUT2D eigenvalue weighted by atomic mass is 10.5. The van der Waals surface area contributed by atoms with Gasteiger partial charge in [-0.3, -0.25) is 10.1 Å². The Bertz CT molecular complexity index is 256. The number of carbonyl (C=O) groups is 1. The topological polar surface area (TPSA) is 68.0 Å². The van der Waals surface area contributed by atoms with Crippen LogP contribution in [0.5, 0.6) is 0 Å². The summed E-state index contributed by atoms with van der Waals surface area (Å²) in [6.45, 7) is 3.41. The van der Waals surface area contributed by atoms with E-state index in [1.165, 1.54) is 0 Å². The summed E-state index contributed by atoms with van der Waals surface area (Å²) in [7, 11) is 0. The summed E-state index contributed by atoms with van der Waals surface area (Å²) in [4.78, 5) is 10.8. The van der Waals surface area contributed by atoms with Crippen LogP contribution in [0, 0.1) is 6.92 Å². The molecule has 1 aromatic heterocycles. The Balaban J connectivity index is 2.57. The number of carbonyl (C=O) groups excluding carboxylic acids is 1. The number of rotatable bonds is 2. The van der Waals surface area contributed by atoms with Crippen LogP contribution in [0.25, 0.3) is 0 Å². The van der Waals surface area contributed by atoms with Crippen molar-refractivity contribution in [2.45, 2.75) is 20.3 Å². The molecule has 1 aromatic rings. The number of hydrogen-bond donors (Lipinski definition) is 1. The lowest BCUT2D eigenvalue weighted by Crippen LogP contribution is -2.09. The highest BCUT2D eigenvalue weighted by atomic mass is 16.4. The minimum atomic E-state index is -0.131. The van der Waals surface area contributed by atoms with Crippen molar-refractivity contribution < 1.29 is 9.21 Å². The van der Waals surface area contributed by atoms with Gasteiger partial charge in [0, 0.05) is 13.3 Å². The molecular weight excluding hydrogens is 146 g/mol. The summed E-state index contributed by atoms with van der Waals surface area (Å²) < 4.78 is 4.90. The molecule has 0 radical (unpaired) electrons. The van der Waals surface area contributed by atoms with E-state index in [9.17, 15) is 4.79 Å². The highest BCUT2D eigenvalue weighted by Gasteiger charge is 2.04. The van der Waals surface area contributed by atoms with Crippen LogP contribution in [-0.2, 0) is 4.79 Å². The van der Waals surface area contributed by atoms with Crippen molar-refractivity contribution in [3.63, 3.8) is 0 Å². The van der Waals surface area contributed by atoms with Crippen LogP contribution in [-0.4, -0.2) is 16.1 Å². The van der Waals surface area contributed by atoms with E-state index in [1.807, 2.05) is 0 Å². The number of anilines is 1. The van der Waals surface area contributed by atoms with Gasteiger partial charge in [-0.1, -0.05) is 12.0 Å². The molecule has 1 amide bonds. The summed E-state index contributed by atoms with van der Waals surface area (Å²) in [5.74, 6) is 0.310. The molecule has 60 valence electrons. The largest absolute Gasteiger partial charge is 0.408 e. The normalized spacial score (nSPS) is 9.64. The molecule has 0 aliphatic carbocycles. The maximum atomic E-state index is 10.8. The van der Waals surface area contributed by atoms with Gasteiger partial charge in [0.1, 0.15) is 0 Å². The average Bonchev–Trinajstić information content (AvgIpc) is 2.35. The minimum Gasteiger partial charge on any atom is -0.408 e. The quantitative estimate of drug-likeness (QED) is 0.683. The van der Waals surface area contributed by atoms with E-state index in [1.54, 1.807) is 13.8 Å². The van der Waals surface area contributed by atoms with Gasteiger partial charge in [-0.05, 0) is 0 Å². The van der Waals surface area contributed by atoms with Crippen molar-refractivity contribution in [1.82, 2.24) is 10.2 Å². The lowest BCUT2D eigenvalue weighted by molar-refractivity contribution is -0.116. The fourth-order valence-corrected chi connectivity index (χ4v) is 0.555. The third-order valence-corrected chi connectivity index (χ3v) is 1.09. The number of nitrogens with one attached hydrogen (secondary N) is 1. The van der Waals surface area contributed by atoms with Crippen molar-refractivity contribution in [3.8, 4) is 0 Å². The predicted molar refractivity (Wildman–Crippen MR) is 38.0 cm³/mol. The Morgan fingerprint density at radius 1 is 1.64 bits per heavy atom. The summed E-state index contributed by atoms with van der Waals surface area (Å²) in [5.41, 5.74) is 0. The fourth-order valence-electron chi connectivity index (χ4n) is 0.555. The van der Waals surface area contributed by atoms with Gasteiger partial charge in [-0.15, -0.1) is 5.10 Å². The number of amides is 1. The Hall–Kier alpha value is -1.39. The first-order valence-electron chi connectivity index (χ1n) is 3.32. The first kappa shape index (κ1) is 7.71. The second kappa shape index (κ2) is 3.14. The summed E-state index contributed by atoms with van der Waals surface area (Å²) >= 11 is 0. The van der Waals surface area contributed by atoms with Crippen LogP contribution in [0.3, 0.4) is 0 Å². The molecule has 0 aliphatic rings. The van der Waals surface area contributed by atoms with E-state index < -0.39 is 0 Å². The Morgan fingerprint density at radius 3 is 2.82 bits per heavy atom. The molecule has 0 saturated heterocycles. The standard InChI is InChI=1S/C6H9N3O2/c1-3-5(10)7-6-9-8-4(2)11-6/h3H2,1-2H3,(H,7,9,10). The maximum absolute atomic E-state index is 10.8. The van der Waals surface area contributed by atoms with E-state index in [4.69, 9.17) is 4.42 Å². The molecule has 1 heterocycles. The molecule has 0 bridgehead atoms. The zero-order valence-electron chi connectivity index (χ0n) is 6.42. The highest BCUT2D eigenvalue weighted by Crippen LogP contribution is 2.03. The van der Waals surface area contributed by atoms with Gasteiger partial charge in [0.2, 0.25) is 11.8 Å². The van der Waals surface area contributed by atoms with Crippen molar-refractivity contribution in [2.24, 2.45) is 0 Å². The molecule has 1 rings (SSSR count). The molecule has 5 heteroatoms. The molecule has 0 fully saturated rings. The molecule has 5 nitrogen and oxygen atoms in total. The molecule has 0 unspecified atom stereocenters. The van der Waals surface area contributed by atoms with Gasteiger partial charge in [0.15, 0.2) is 0 Å². The third-order valence-electron chi connectivity index (χ3n) is 1.09. The third kappa shape index (κ3) is 2.03. The first-order valence-corrected chi connectivity index (χ1v) is 3.32. The lowest BCUT2D eigenvalue weighted by Gasteiger charge is -1.93.